The van der Waals surface area contributed by atoms with Crippen LogP contribution in [0.15, 0.2) is 64.5 Å². The van der Waals surface area contributed by atoms with Crippen molar-refractivity contribution >= 4 is 23.4 Å². The molecule has 146 valence electrons. The molecule has 3 aromatic rings. The van der Waals surface area contributed by atoms with Crippen LogP contribution in [-0.4, -0.2) is 20.7 Å². The van der Waals surface area contributed by atoms with Crippen LogP contribution in [0.4, 0.5) is 18.9 Å². The van der Waals surface area contributed by atoms with E-state index in [1.54, 1.807) is 30.3 Å². The average molecular weight is 408 g/mol. The summed E-state index contributed by atoms with van der Waals surface area (Å²) in [4.78, 5) is 24.4. The summed E-state index contributed by atoms with van der Waals surface area (Å²) >= 11 is 1.01. The van der Waals surface area contributed by atoms with Crippen molar-refractivity contribution in [2.75, 3.05) is 5.32 Å². The first-order valence-corrected chi connectivity index (χ1v) is 8.95. The predicted molar refractivity (Wildman–Crippen MR) is 98.9 cm³/mol. The number of H-pyrrole nitrogens is 1. The molecule has 0 bridgehead atoms. The predicted octanol–water partition coefficient (Wildman–Crippen LogP) is 3.60. The molecule has 0 radical (unpaired) electrons. The largest absolute Gasteiger partial charge is 0.416 e. The molecule has 0 aliphatic rings. The number of hydrogen-bond acceptors (Lipinski definition) is 4. The van der Waals surface area contributed by atoms with Crippen molar-refractivity contribution in [2.24, 2.45) is 7.05 Å². The smallest absolute Gasteiger partial charge is 0.325 e. The molecule has 0 spiro atoms. The third kappa shape index (κ3) is 4.45. The first kappa shape index (κ1) is 19.7. The summed E-state index contributed by atoms with van der Waals surface area (Å²) in [5, 5.41) is 8.12. The van der Waals surface area contributed by atoms with Gasteiger partial charge in [0.05, 0.1) is 5.56 Å². The van der Waals surface area contributed by atoms with E-state index in [2.05, 4.69) is 15.5 Å². The number of hydrogen-bond donors (Lipinski definition) is 2. The van der Waals surface area contributed by atoms with Gasteiger partial charge in [-0.1, -0.05) is 48.2 Å². The van der Waals surface area contributed by atoms with Crippen LogP contribution in [0.1, 0.15) is 16.4 Å². The second kappa shape index (κ2) is 7.93. The molecule has 1 amide bonds. The summed E-state index contributed by atoms with van der Waals surface area (Å²) in [6, 6.07) is 13.1. The van der Waals surface area contributed by atoms with Crippen LogP contribution in [0, 0.1) is 0 Å². The van der Waals surface area contributed by atoms with Crippen LogP contribution in [-0.2, 0) is 18.0 Å². The van der Waals surface area contributed by atoms with Gasteiger partial charge >= 0.3 is 11.9 Å². The minimum absolute atomic E-state index is 0.0253. The van der Waals surface area contributed by atoms with Crippen LogP contribution in [0.3, 0.4) is 0 Å². The number of halogens is 3. The number of thioether (sulfide) groups is 1. The fourth-order valence-electron chi connectivity index (χ4n) is 2.43. The van der Waals surface area contributed by atoms with Crippen LogP contribution in [0.25, 0.3) is 0 Å². The third-order valence-corrected chi connectivity index (χ3v) is 5.16. The monoisotopic (exact) mass is 408 g/mol. The number of amides is 1. The minimum atomic E-state index is -4.51. The molecule has 0 saturated heterocycles. The number of nitrogens with one attached hydrogen (secondary N) is 2. The zero-order chi connectivity index (χ0) is 20.3. The molecule has 3 rings (SSSR count). The molecular formula is C18H15F3N4O2S. The fourth-order valence-corrected chi connectivity index (χ4v) is 3.43. The van der Waals surface area contributed by atoms with Gasteiger partial charge in [0, 0.05) is 12.7 Å². The molecule has 2 N–H and O–H groups in total. The van der Waals surface area contributed by atoms with Gasteiger partial charge in [-0.3, -0.25) is 9.36 Å². The first-order valence-electron chi connectivity index (χ1n) is 8.07. The Balaban J connectivity index is 1.89. The van der Waals surface area contributed by atoms with Crippen molar-refractivity contribution in [1.82, 2.24) is 14.8 Å². The van der Waals surface area contributed by atoms with Crippen molar-refractivity contribution in [3.8, 4) is 0 Å². The molecule has 0 aliphatic heterocycles. The average Bonchev–Trinajstić information content (AvgIpc) is 2.98. The van der Waals surface area contributed by atoms with E-state index in [9.17, 15) is 22.8 Å². The summed E-state index contributed by atoms with van der Waals surface area (Å²) in [5.41, 5.74) is -0.652. The second-order valence-electron chi connectivity index (χ2n) is 5.85. The SMILES string of the molecule is Cn1c(SC(C(=O)Nc2cccc(C(F)(F)F)c2)c2ccccc2)n[nH]c1=O. The second-order valence-corrected chi connectivity index (χ2v) is 6.92. The quantitative estimate of drug-likeness (QED) is 0.633. The lowest BCUT2D eigenvalue weighted by molar-refractivity contribution is -0.137. The van der Waals surface area contributed by atoms with Crippen molar-refractivity contribution in [3.63, 3.8) is 0 Å². The van der Waals surface area contributed by atoms with Gasteiger partial charge in [0.15, 0.2) is 5.16 Å². The number of carbonyl (C=O) groups is 1. The van der Waals surface area contributed by atoms with Crippen molar-refractivity contribution < 1.29 is 18.0 Å². The highest BCUT2D eigenvalue weighted by Crippen LogP contribution is 2.35. The Hall–Kier alpha value is -3.01. The van der Waals surface area contributed by atoms with Gasteiger partial charge in [0.25, 0.3) is 0 Å². The highest BCUT2D eigenvalue weighted by atomic mass is 32.2. The Kier molecular flexibility index (Phi) is 5.59. The van der Waals surface area contributed by atoms with E-state index in [0.717, 1.165) is 23.9 Å². The number of carbonyl (C=O) groups excluding carboxylic acids is 1. The third-order valence-electron chi connectivity index (χ3n) is 3.86. The Bertz CT molecular complexity index is 1030. The summed E-state index contributed by atoms with van der Waals surface area (Å²) in [7, 11) is 1.50. The molecule has 0 saturated carbocycles. The molecule has 28 heavy (non-hydrogen) atoms. The molecule has 0 fully saturated rings. The topological polar surface area (TPSA) is 79.8 Å². The van der Waals surface area contributed by atoms with E-state index in [4.69, 9.17) is 0 Å². The number of rotatable bonds is 5. The lowest BCUT2D eigenvalue weighted by Gasteiger charge is -2.17. The Morgan fingerprint density at radius 1 is 1.18 bits per heavy atom. The normalized spacial score (nSPS) is 12.6. The molecule has 1 atom stereocenters. The van der Waals surface area contributed by atoms with Crippen LogP contribution < -0.4 is 11.0 Å². The summed E-state index contributed by atoms with van der Waals surface area (Å²) in [6.45, 7) is 0. The van der Waals surface area contributed by atoms with Gasteiger partial charge in [-0.15, -0.1) is 5.10 Å². The Morgan fingerprint density at radius 2 is 1.89 bits per heavy atom. The number of benzene rings is 2. The van der Waals surface area contributed by atoms with E-state index in [-0.39, 0.29) is 10.8 Å². The van der Waals surface area contributed by atoms with Crippen LogP contribution >= 0.6 is 11.8 Å². The van der Waals surface area contributed by atoms with Gasteiger partial charge in [-0.05, 0) is 23.8 Å². The molecule has 0 aliphatic carbocycles. The molecule has 6 nitrogen and oxygen atoms in total. The highest BCUT2D eigenvalue weighted by Gasteiger charge is 2.31. The van der Waals surface area contributed by atoms with Gasteiger partial charge in [0.1, 0.15) is 5.25 Å². The molecule has 1 aromatic heterocycles. The van der Waals surface area contributed by atoms with Crippen molar-refractivity contribution in [2.45, 2.75) is 16.6 Å². The van der Waals surface area contributed by atoms with E-state index in [1.165, 1.54) is 23.7 Å². The van der Waals surface area contributed by atoms with Gasteiger partial charge in [0.2, 0.25) is 5.91 Å². The fraction of sp³-hybridized carbons (Fsp3) is 0.167. The molecule has 2 aromatic carbocycles. The number of aromatic nitrogens is 3. The molecule has 1 heterocycles. The maximum absolute atomic E-state index is 12.9. The maximum Gasteiger partial charge on any atom is 0.416 e. The number of aromatic amines is 1. The van der Waals surface area contributed by atoms with Crippen LogP contribution in [0.5, 0.6) is 0 Å². The number of anilines is 1. The number of alkyl halides is 3. The first-order chi connectivity index (χ1) is 13.3. The maximum atomic E-state index is 12.9. The summed E-state index contributed by atoms with van der Waals surface area (Å²) in [6.07, 6.45) is -4.51. The van der Waals surface area contributed by atoms with Crippen LogP contribution in [0.2, 0.25) is 0 Å². The summed E-state index contributed by atoms with van der Waals surface area (Å²) in [5.74, 6) is -0.536. The van der Waals surface area contributed by atoms with E-state index < -0.39 is 28.6 Å². The van der Waals surface area contributed by atoms with E-state index in [0.29, 0.717) is 5.56 Å². The standard InChI is InChI=1S/C18H15F3N4O2S/c1-25-16(27)23-24-17(25)28-14(11-6-3-2-4-7-11)15(26)22-13-9-5-8-12(10-13)18(19,20)21/h2-10,14H,1H3,(H,22,26)(H,23,27). The molecular weight excluding hydrogens is 393 g/mol. The Morgan fingerprint density at radius 3 is 2.50 bits per heavy atom. The lowest BCUT2D eigenvalue weighted by Crippen LogP contribution is -2.20. The van der Waals surface area contributed by atoms with E-state index in [1.807, 2.05) is 0 Å². The molecule has 1 unspecified atom stereocenters. The van der Waals surface area contributed by atoms with Gasteiger partial charge in [-0.2, -0.15) is 13.2 Å². The van der Waals surface area contributed by atoms with Gasteiger partial charge < -0.3 is 5.32 Å². The van der Waals surface area contributed by atoms with Crippen molar-refractivity contribution in [3.05, 3.63) is 76.2 Å². The lowest BCUT2D eigenvalue weighted by atomic mass is 10.1. The Labute approximate surface area is 161 Å². The molecule has 10 heteroatoms. The highest BCUT2D eigenvalue weighted by molar-refractivity contribution is 8.00. The van der Waals surface area contributed by atoms with Gasteiger partial charge in [-0.25, -0.2) is 9.89 Å². The van der Waals surface area contributed by atoms with Crippen molar-refractivity contribution in [1.29, 1.82) is 0 Å². The zero-order valence-corrected chi connectivity index (χ0v) is 15.3. The minimum Gasteiger partial charge on any atom is -0.325 e. The number of nitrogens with zero attached hydrogens (tertiary/aromatic N) is 2. The van der Waals surface area contributed by atoms with E-state index >= 15 is 0 Å². The summed E-state index contributed by atoms with van der Waals surface area (Å²) < 4.78 is 40.0. The zero-order valence-electron chi connectivity index (χ0n) is 14.5.